The van der Waals surface area contributed by atoms with Crippen LogP contribution < -0.4 is 15.0 Å². The second-order valence-corrected chi connectivity index (χ2v) is 9.95. The van der Waals surface area contributed by atoms with E-state index in [0.29, 0.717) is 24.3 Å². The standard InChI is InChI=1S/C26H27F3N4O5/c1-25(2,3)38-24(36)33(23(34)35)22-11-20-15(5-4-6-16(20)13-32-22)12-30-17-9-19(10-17)37-18-7-8-21(31-14-18)26(27,28)29/h4-8,11,13-14,17,19,30H,9-10,12H2,1-3H3,(H,34,35)/t17-,19-. The van der Waals surface area contributed by atoms with Crippen LogP contribution in [0.5, 0.6) is 5.75 Å². The van der Waals surface area contributed by atoms with Gasteiger partial charge in [-0.15, -0.1) is 0 Å². The van der Waals surface area contributed by atoms with E-state index in [1.165, 1.54) is 18.3 Å². The molecule has 3 aromatic rings. The fourth-order valence-electron chi connectivity index (χ4n) is 3.97. The maximum atomic E-state index is 12.7. The van der Waals surface area contributed by atoms with Crippen molar-refractivity contribution in [3.63, 3.8) is 0 Å². The van der Waals surface area contributed by atoms with Gasteiger partial charge < -0.3 is 19.9 Å². The van der Waals surface area contributed by atoms with Gasteiger partial charge in [-0.1, -0.05) is 18.2 Å². The van der Waals surface area contributed by atoms with Crippen LogP contribution in [0.3, 0.4) is 0 Å². The molecule has 1 aliphatic rings. The number of carboxylic acid groups (broad SMARTS) is 1. The molecule has 0 bridgehead atoms. The third kappa shape index (κ3) is 6.49. The van der Waals surface area contributed by atoms with Crippen molar-refractivity contribution in [3.05, 3.63) is 60.0 Å². The molecule has 0 saturated heterocycles. The number of nitrogens with zero attached hydrogens (tertiary/aromatic N) is 3. The normalized spacial score (nSPS) is 17.5. The van der Waals surface area contributed by atoms with E-state index < -0.39 is 29.7 Å². The Labute approximate surface area is 216 Å². The topological polar surface area (TPSA) is 114 Å². The van der Waals surface area contributed by atoms with Gasteiger partial charge in [0.1, 0.15) is 29.0 Å². The van der Waals surface area contributed by atoms with Gasteiger partial charge in [-0.25, -0.2) is 19.6 Å². The van der Waals surface area contributed by atoms with Gasteiger partial charge in [-0.05, 0) is 62.8 Å². The highest BCUT2D eigenvalue weighted by atomic mass is 19.4. The number of hydrogen-bond donors (Lipinski definition) is 2. The van der Waals surface area contributed by atoms with Crippen molar-refractivity contribution in [1.82, 2.24) is 15.3 Å². The van der Waals surface area contributed by atoms with Crippen LogP contribution in [0.15, 0.2) is 48.8 Å². The lowest BCUT2D eigenvalue weighted by Crippen LogP contribution is -2.46. The summed E-state index contributed by atoms with van der Waals surface area (Å²) in [6, 6.07) is 9.38. The Balaban J connectivity index is 1.39. The Morgan fingerprint density at radius 1 is 1.11 bits per heavy atom. The van der Waals surface area contributed by atoms with Gasteiger partial charge in [-0.2, -0.15) is 18.1 Å². The number of pyridine rings is 2. The second kappa shape index (κ2) is 10.4. The van der Waals surface area contributed by atoms with E-state index in [-0.39, 0.29) is 23.7 Å². The monoisotopic (exact) mass is 532 g/mol. The number of rotatable bonds is 6. The van der Waals surface area contributed by atoms with Crippen LogP contribution in [0, 0.1) is 0 Å². The quantitative estimate of drug-likeness (QED) is 0.412. The highest BCUT2D eigenvalue weighted by Crippen LogP contribution is 2.31. The zero-order valence-corrected chi connectivity index (χ0v) is 21.0. The maximum absolute atomic E-state index is 12.7. The molecule has 0 radical (unpaired) electrons. The summed E-state index contributed by atoms with van der Waals surface area (Å²) in [5.41, 5.74) is -0.981. The largest absolute Gasteiger partial charge is 0.489 e. The number of alkyl halides is 3. The molecule has 9 nitrogen and oxygen atoms in total. The van der Waals surface area contributed by atoms with Gasteiger partial charge in [0.2, 0.25) is 0 Å². The van der Waals surface area contributed by atoms with Gasteiger partial charge in [0, 0.05) is 24.2 Å². The number of benzene rings is 1. The molecule has 1 fully saturated rings. The van der Waals surface area contributed by atoms with Crippen LogP contribution in [-0.2, 0) is 17.5 Å². The van der Waals surface area contributed by atoms with Crippen LogP contribution in [-0.4, -0.2) is 45.0 Å². The Morgan fingerprint density at radius 2 is 1.84 bits per heavy atom. The molecule has 2 aromatic heterocycles. The molecule has 0 atom stereocenters. The first-order valence-corrected chi connectivity index (χ1v) is 11.9. The summed E-state index contributed by atoms with van der Waals surface area (Å²) in [4.78, 5) is 32.4. The van der Waals surface area contributed by atoms with E-state index in [1.807, 2.05) is 18.2 Å². The molecule has 38 heavy (non-hydrogen) atoms. The molecule has 12 heteroatoms. The number of amides is 2. The molecule has 1 saturated carbocycles. The molecular formula is C26H27F3N4O5. The maximum Gasteiger partial charge on any atom is 0.433 e. The predicted molar refractivity (Wildman–Crippen MR) is 132 cm³/mol. The second-order valence-electron chi connectivity index (χ2n) is 9.95. The van der Waals surface area contributed by atoms with Gasteiger partial charge in [-0.3, -0.25) is 0 Å². The average Bonchev–Trinajstić information content (AvgIpc) is 2.79. The first kappa shape index (κ1) is 27.1. The molecule has 2 amide bonds. The van der Waals surface area contributed by atoms with Gasteiger partial charge in [0.15, 0.2) is 0 Å². The van der Waals surface area contributed by atoms with Crippen molar-refractivity contribution in [2.24, 2.45) is 0 Å². The van der Waals surface area contributed by atoms with E-state index in [2.05, 4.69) is 15.3 Å². The molecular weight excluding hydrogens is 505 g/mol. The molecule has 1 aliphatic carbocycles. The van der Waals surface area contributed by atoms with Gasteiger partial charge in [0.05, 0.1) is 6.20 Å². The van der Waals surface area contributed by atoms with Crippen LogP contribution in [0.25, 0.3) is 10.8 Å². The summed E-state index contributed by atoms with van der Waals surface area (Å²) in [6.45, 7) is 5.37. The van der Waals surface area contributed by atoms with E-state index >= 15 is 0 Å². The fourth-order valence-corrected chi connectivity index (χ4v) is 3.97. The first-order valence-electron chi connectivity index (χ1n) is 11.9. The number of fused-ring (bicyclic) bond motifs is 1. The molecule has 2 N–H and O–H groups in total. The lowest BCUT2D eigenvalue weighted by molar-refractivity contribution is -0.141. The first-order chi connectivity index (χ1) is 17.8. The molecule has 0 aliphatic heterocycles. The summed E-state index contributed by atoms with van der Waals surface area (Å²) in [7, 11) is 0. The van der Waals surface area contributed by atoms with E-state index in [4.69, 9.17) is 9.47 Å². The number of carbonyl (C=O) groups is 2. The predicted octanol–water partition coefficient (Wildman–Crippen LogP) is 5.77. The summed E-state index contributed by atoms with van der Waals surface area (Å²) in [5.74, 6) is 0.206. The minimum Gasteiger partial charge on any atom is -0.489 e. The minimum absolute atomic E-state index is 0.0750. The summed E-state index contributed by atoms with van der Waals surface area (Å²) in [6.07, 6.45) is -3.31. The number of hydrogen-bond acceptors (Lipinski definition) is 7. The highest BCUT2D eigenvalue weighted by molar-refractivity contribution is 6.08. The SMILES string of the molecule is CC(C)(C)OC(=O)N(C(=O)O)c1cc2c(CN[C@H]3C[C@H](Oc4ccc(C(F)(F)F)nc4)C3)cccc2cn1. The van der Waals surface area contributed by atoms with Gasteiger partial charge >= 0.3 is 18.4 Å². The Hall–Kier alpha value is -3.93. The zero-order valence-electron chi connectivity index (χ0n) is 21.0. The number of aromatic nitrogens is 2. The van der Waals surface area contributed by atoms with Crippen LogP contribution in [0.2, 0.25) is 0 Å². The summed E-state index contributed by atoms with van der Waals surface area (Å²) >= 11 is 0. The molecule has 202 valence electrons. The van der Waals surface area contributed by atoms with Crippen molar-refractivity contribution in [2.75, 3.05) is 4.90 Å². The average molecular weight is 533 g/mol. The number of imide groups is 1. The third-order valence-corrected chi connectivity index (χ3v) is 5.84. The van der Waals surface area contributed by atoms with E-state index in [1.54, 1.807) is 20.8 Å². The fraction of sp³-hybridized carbons (Fsp3) is 0.385. The smallest absolute Gasteiger partial charge is 0.433 e. The lowest BCUT2D eigenvalue weighted by Gasteiger charge is -2.36. The third-order valence-electron chi connectivity index (χ3n) is 5.84. The van der Waals surface area contributed by atoms with Crippen LogP contribution >= 0.6 is 0 Å². The lowest BCUT2D eigenvalue weighted by atomic mass is 9.89. The molecule has 0 unspecified atom stereocenters. The van der Waals surface area contributed by atoms with Gasteiger partial charge in [0.25, 0.3) is 0 Å². The summed E-state index contributed by atoms with van der Waals surface area (Å²) in [5, 5.41) is 14.5. The van der Waals surface area contributed by atoms with Crippen molar-refractivity contribution in [3.8, 4) is 5.75 Å². The number of ether oxygens (including phenoxy) is 2. The molecule has 4 rings (SSSR count). The van der Waals surface area contributed by atoms with Crippen LogP contribution in [0.1, 0.15) is 44.9 Å². The number of carbonyl (C=O) groups excluding carboxylic acids is 1. The Bertz CT molecular complexity index is 1320. The van der Waals surface area contributed by atoms with Crippen molar-refractivity contribution < 1.29 is 37.3 Å². The van der Waals surface area contributed by atoms with E-state index in [0.717, 1.165) is 28.6 Å². The van der Waals surface area contributed by atoms with Crippen molar-refractivity contribution >= 4 is 28.8 Å². The van der Waals surface area contributed by atoms with Crippen LogP contribution in [0.4, 0.5) is 28.6 Å². The number of nitrogens with one attached hydrogen (secondary N) is 1. The number of anilines is 1. The highest BCUT2D eigenvalue weighted by Gasteiger charge is 2.34. The minimum atomic E-state index is -4.50. The molecule has 0 spiro atoms. The van der Waals surface area contributed by atoms with Crippen molar-refractivity contribution in [1.29, 1.82) is 0 Å². The molecule has 1 aromatic carbocycles. The summed E-state index contributed by atoms with van der Waals surface area (Å²) < 4.78 is 48.9. The number of halogens is 3. The van der Waals surface area contributed by atoms with Crippen molar-refractivity contribution in [2.45, 2.75) is 64.1 Å². The molecule has 2 heterocycles. The zero-order chi connectivity index (χ0) is 27.7. The Kier molecular flexibility index (Phi) is 7.45. The van der Waals surface area contributed by atoms with E-state index in [9.17, 15) is 27.9 Å². The Morgan fingerprint density at radius 3 is 2.45 bits per heavy atom.